The molecule has 7 heteroatoms. The molecular weight excluding hydrogens is 323 g/mol. The third-order valence-corrected chi connectivity index (χ3v) is 3.05. The third kappa shape index (κ3) is 5.42. The highest BCUT2D eigenvalue weighted by Crippen LogP contribution is 2.29. The summed E-state index contributed by atoms with van der Waals surface area (Å²) < 4.78 is 42.1. The van der Waals surface area contributed by atoms with Gasteiger partial charge in [0.15, 0.2) is 6.61 Å². The molecule has 4 nitrogen and oxygen atoms in total. The maximum atomic E-state index is 12.4. The Balaban J connectivity index is 1.80. The quantitative estimate of drug-likeness (QED) is 0.851. The van der Waals surface area contributed by atoms with Crippen LogP contribution in [0.5, 0.6) is 0 Å². The zero-order valence-corrected chi connectivity index (χ0v) is 12.5. The lowest BCUT2D eigenvalue weighted by molar-refractivity contribution is -0.146. The summed E-state index contributed by atoms with van der Waals surface area (Å²) >= 11 is 0. The van der Waals surface area contributed by atoms with Gasteiger partial charge in [0, 0.05) is 5.69 Å². The number of ether oxygens (including phenoxy) is 1. The molecule has 0 radical (unpaired) electrons. The molecular formula is C17H14F3NO3. The molecule has 0 aliphatic heterocycles. The number of benzene rings is 2. The minimum absolute atomic E-state index is 0.0361. The Hall–Kier alpha value is -2.83. The van der Waals surface area contributed by atoms with Crippen molar-refractivity contribution in [3.63, 3.8) is 0 Å². The number of rotatable bonds is 5. The largest absolute Gasteiger partial charge is 0.455 e. The molecule has 0 aromatic heterocycles. The van der Waals surface area contributed by atoms with Gasteiger partial charge in [-0.25, -0.2) is 0 Å². The van der Waals surface area contributed by atoms with Crippen LogP contribution in [0.3, 0.4) is 0 Å². The standard InChI is InChI=1S/C17H14F3NO3/c18-17(19,20)13-6-8-14(9-7-13)21-15(22)11-24-16(23)10-12-4-2-1-3-5-12/h1-9H,10-11H2,(H,21,22). The molecule has 2 aromatic carbocycles. The van der Waals surface area contributed by atoms with E-state index in [-0.39, 0.29) is 12.1 Å². The number of carbonyl (C=O) groups is 2. The van der Waals surface area contributed by atoms with E-state index >= 15 is 0 Å². The molecule has 0 aliphatic rings. The third-order valence-electron chi connectivity index (χ3n) is 3.05. The molecule has 0 saturated heterocycles. The zero-order chi connectivity index (χ0) is 17.6. The van der Waals surface area contributed by atoms with Crippen LogP contribution in [-0.4, -0.2) is 18.5 Å². The van der Waals surface area contributed by atoms with Crippen molar-refractivity contribution < 1.29 is 27.5 Å². The molecule has 2 aromatic rings. The summed E-state index contributed by atoms with van der Waals surface area (Å²) in [4.78, 5) is 23.2. The highest BCUT2D eigenvalue weighted by Gasteiger charge is 2.29. The Morgan fingerprint density at radius 2 is 1.58 bits per heavy atom. The second kappa shape index (κ2) is 7.63. The maximum absolute atomic E-state index is 12.4. The van der Waals surface area contributed by atoms with Gasteiger partial charge in [-0.05, 0) is 29.8 Å². The summed E-state index contributed by atoms with van der Waals surface area (Å²) in [6.07, 6.45) is -4.40. The van der Waals surface area contributed by atoms with Crippen molar-refractivity contribution in [2.24, 2.45) is 0 Å². The van der Waals surface area contributed by atoms with E-state index in [1.807, 2.05) is 6.07 Å². The van der Waals surface area contributed by atoms with Gasteiger partial charge in [0.2, 0.25) is 0 Å². The van der Waals surface area contributed by atoms with Crippen molar-refractivity contribution in [1.29, 1.82) is 0 Å². The van der Waals surface area contributed by atoms with Crippen LogP contribution >= 0.6 is 0 Å². The Labute approximate surface area is 136 Å². The zero-order valence-electron chi connectivity index (χ0n) is 12.5. The smallest absolute Gasteiger partial charge is 0.416 e. The van der Waals surface area contributed by atoms with Gasteiger partial charge in [0.25, 0.3) is 5.91 Å². The summed E-state index contributed by atoms with van der Waals surface area (Å²) in [7, 11) is 0. The normalized spacial score (nSPS) is 11.0. The van der Waals surface area contributed by atoms with Gasteiger partial charge in [-0.2, -0.15) is 13.2 Å². The van der Waals surface area contributed by atoms with E-state index in [2.05, 4.69) is 5.32 Å². The van der Waals surface area contributed by atoms with E-state index in [0.717, 1.165) is 29.8 Å². The first-order valence-corrected chi connectivity index (χ1v) is 7.01. The van der Waals surface area contributed by atoms with Gasteiger partial charge in [0.05, 0.1) is 12.0 Å². The molecule has 126 valence electrons. The van der Waals surface area contributed by atoms with E-state index in [1.165, 1.54) is 0 Å². The van der Waals surface area contributed by atoms with Crippen molar-refractivity contribution in [3.05, 3.63) is 65.7 Å². The molecule has 0 unspecified atom stereocenters. The molecule has 1 amide bonds. The number of nitrogens with one attached hydrogen (secondary N) is 1. The van der Waals surface area contributed by atoms with Gasteiger partial charge in [-0.15, -0.1) is 0 Å². The van der Waals surface area contributed by atoms with E-state index in [0.29, 0.717) is 0 Å². The van der Waals surface area contributed by atoms with Crippen LogP contribution in [0.1, 0.15) is 11.1 Å². The first kappa shape index (κ1) is 17.5. The average Bonchev–Trinajstić information content (AvgIpc) is 2.53. The molecule has 0 spiro atoms. The van der Waals surface area contributed by atoms with Gasteiger partial charge in [-0.1, -0.05) is 30.3 Å². The molecule has 2 rings (SSSR count). The Bertz CT molecular complexity index is 697. The fourth-order valence-electron chi connectivity index (χ4n) is 1.90. The van der Waals surface area contributed by atoms with Gasteiger partial charge >= 0.3 is 12.1 Å². The van der Waals surface area contributed by atoms with Gasteiger partial charge in [-0.3, -0.25) is 9.59 Å². The fourth-order valence-corrected chi connectivity index (χ4v) is 1.90. The van der Waals surface area contributed by atoms with Crippen molar-refractivity contribution in [2.45, 2.75) is 12.6 Å². The number of alkyl halides is 3. The number of anilines is 1. The number of esters is 1. The molecule has 0 heterocycles. The Morgan fingerprint density at radius 3 is 2.17 bits per heavy atom. The monoisotopic (exact) mass is 337 g/mol. The lowest BCUT2D eigenvalue weighted by Gasteiger charge is -2.09. The SMILES string of the molecule is O=C(COC(=O)Cc1ccccc1)Nc1ccc(C(F)(F)F)cc1. The highest BCUT2D eigenvalue weighted by molar-refractivity contribution is 5.92. The molecule has 1 N–H and O–H groups in total. The lowest BCUT2D eigenvalue weighted by Crippen LogP contribution is -2.21. The van der Waals surface area contributed by atoms with E-state index < -0.39 is 30.2 Å². The van der Waals surface area contributed by atoms with Gasteiger partial charge in [0.1, 0.15) is 0 Å². The van der Waals surface area contributed by atoms with Crippen LogP contribution in [0.15, 0.2) is 54.6 Å². The molecule has 0 saturated carbocycles. The minimum atomic E-state index is -4.44. The molecule has 0 atom stereocenters. The summed E-state index contributed by atoms with van der Waals surface area (Å²) in [5, 5.41) is 2.36. The van der Waals surface area contributed by atoms with Crippen molar-refractivity contribution >= 4 is 17.6 Å². The summed E-state index contributed by atoms with van der Waals surface area (Å²) in [5.41, 5.74) is 0.132. The topological polar surface area (TPSA) is 55.4 Å². The lowest BCUT2D eigenvalue weighted by atomic mass is 10.2. The number of halogens is 3. The molecule has 0 aliphatic carbocycles. The van der Waals surface area contributed by atoms with Crippen LogP contribution in [0.4, 0.5) is 18.9 Å². The predicted octanol–water partition coefficient (Wildman–Crippen LogP) is 3.43. The number of hydrogen-bond acceptors (Lipinski definition) is 3. The minimum Gasteiger partial charge on any atom is -0.455 e. The second-order valence-corrected chi connectivity index (χ2v) is 4.95. The van der Waals surface area contributed by atoms with E-state index in [4.69, 9.17) is 4.74 Å². The van der Waals surface area contributed by atoms with Crippen LogP contribution in [-0.2, 0) is 26.9 Å². The van der Waals surface area contributed by atoms with E-state index in [1.54, 1.807) is 24.3 Å². The first-order valence-electron chi connectivity index (χ1n) is 7.01. The number of carbonyl (C=O) groups excluding carboxylic acids is 2. The highest BCUT2D eigenvalue weighted by atomic mass is 19.4. The molecule has 0 fully saturated rings. The summed E-state index contributed by atoms with van der Waals surface area (Å²) in [6, 6.07) is 12.9. The fraction of sp³-hybridized carbons (Fsp3) is 0.176. The summed E-state index contributed by atoms with van der Waals surface area (Å²) in [5.74, 6) is -1.19. The first-order chi connectivity index (χ1) is 11.3. The Morgan fingerprint density at radius 1 is 0.958 bits per heavy atom. The van der Waals surface area contributed by atoms with Crippen molar-refractivity contribution in [1.82, 2.24) is 0 Å². The molecule has 0 bridgehead atoms. The van der Waals surface area contributed by atoms with Crippen LogP contribution in [0.25, 0.3) is 0 Å². The van der Waals surface area contributed by atoms with Gasteiger partial charge < -0.3 is 10.1 Å². The van der Waals surface area contributed by atoms with Crippen LogP contribution in [0, 0.1) is 0 Å². The predicted molar refractivity (Wildman–Crippen MR) is 81.2 cm³/mol. The Kier molecular flexibility index (Phi) is 5.57. The van der Waals surface area contributed by atoms with Crippen LogP contribution in [0.2, 0.25) is 0 Å². The summed E-state index contributed by atoms with van der Waals surface area (Å²) in [6.45, 7) is -0.507. The maximum Gasteiger partial charge on any atom is 0.416 e. The van der Waals surface area contributed by atoms with Crippen LogP contribution < -0.4 is 5.32 Å². The molecule has 24 heavy (non-hydrogen) atoms. The average molecular weight is 337 g/mol. The van der Waals surface area contributed by atoms with Crippen molar-refractivity contribution in [3.8, 4) is 0 Å². The van der Waals surface area contributed by atoms with Crippen molar-refractivity contribution in [2.75, 3.05) is 11.9 Å². The number of hydrogen-bond donors (Lipinski definition) is 1. The van der Waals surface area contributed by atoms with E-state index in [9.17, 15) is 22.8 Å². The number of amides is 1. The second-order valence-electron chi connectivity index (χ2n) is 4.95.